The first-order valence-electron chi connectivity index (χ1n) is 7.20. The molecule has 2 nitrogen and oxygen atoms in total. The molecule has 1 heterocycles. The number of thioether (sulfide) groups is 1. The minimum absolute atomic E-state index is 0.335. The molecule has 0 aromatic carbocycles. The smallest absolute Gasteiger partial charge is 0.0277 e. The van der Waals surface area contributed by atoms with Gasteiger partial charge in [0.2, 0.25) is 0 Å². The molecule has 0 bridgehead atoms. The van der Waals surface area contributed by atoms with Crippen LogP contribution in [0.2, 0.25) is 0 Å². The van der Waals surface area contributed by atoms with Crippen molar-refractivity contribution in [3.05, 3.63) is 0 Å². The van der Waals surface area contributed by atoms with Crippen molar-refractivity contribution >= 4 is 11.8 Å². The Balaban J connectivity index is 2.03. The largest absolute Gasteiger partial charge is 0.310 e. The normalized spacial score (nSPS) is 40.4. The van der Waals surface area contributed by atoms with Gasteiger partial charge < -0.3 is 5.32 Å². The molecule has 2 rings (SSSR count). The maximum Gasteiger partial charge on any atom is 0.0277 e. The Morgan fingerprint density at radius 1 is 1.35 bits per heavy atom. The summed E-state index contributed by atoms with van der Waals surface area (Å²) in [5.41, 5.74) is 0.335. The van der Waals surface area contributed by atoms with Gasteiger partial charge in [-0.15, -0.1) is 0 Å². The van der Waals surface area contributed by atoms with Gasteiger partial charge in [0.25, 0.3) is 0 Å². The first-order chi connectivity index (χ1) is 8.18. The van der Waals surface area contributed by atoms with E-state index in [-0.39, 0.29) is 0 Å². The van der Waals surface area contributed by atoms with Crippen LogP contribution < -0.4 is 5.32 Å². The third kappa shape index (κ3) is 3.18. The van der Waals surface area contributed by atoms with Crippen molar-refractivity contribution in [2.24, 2.45) is 0 Å². The zero-order valence-corrected chi connectivity index (χ0v) is 12.5. The van der Waals surface area contributed by atoms with E-state index in [2.05, 4.69) is 42.1 Å². The van der Waals surface area contributed by atoms with Crippen molar-refractivity contribution in [3.63, 3.8) is 0 Å². The molecule has 2 aliphatic rings. The highest BCUT2D eigenvalue weighted by molar-refractivity contribution is 7.99. The fourth-order valence-corrected chi connectivity index (χ4v) is 4.40. The molecule has 17 heavy (non-hydrogen) atoms. The molecule has 1 aliphatic heterocycles. The van der Waals surface area contributed by atoms with Gasteiger partial charge in [-0.3, -0.25) is 4.90 Å². The lowest BCUT2D eigenvalue weighted by atomic mass is 9.97. The average Bonchev–Trinajstić information content (AvgIpc) is 2.73. The molecule has 1 aliphatic carbocycles. The first kappa shape index (κ1) is 13.7. The number of hydrogen-bond donors (Lipinski definition) is 1. The molecule has 3 unspecified atom stereocenters. The van der Waals surface area contributed by atoms with Gasteiger partial charge in [0.15, 0.2) is 0 Å². The van der Waals surface area contributed by atoms with Crippen LogP contribution in [0.1, 0.15) is 46.0 Å². The summed E-state index contributed by atoms with van der Waals surface area (Å²) in [5.74, 6) is 0. The van der Waals surface area contributed by atoms with E-state index in [1.54, 1.807) is 0 Å². The fourth-order valence-electron chi connectivity index (χ4n) is 3.37. The summed E-state index contributed by atoms with van der Waals surface area (Å²) in [4.78, 5) is 2.79. The molecule has 100 valence electrons. The van der Waals surface area contributed by atoms with Crippen molar-refractivity contribution in [2.75, 3.05) is 25.9 Å². The lowest BCUT2D eigenvalue weighted by Crippen LogP contribution is -2.51. The predicted octanol–water partition coefficient (Wildman–Crippen LogP) is 2.73. The highest BCUT2D eigenvalue weighted by atomic mass is 32.2. The highest BCUT2D eigenvalue weighted by Gasteiger charge is 2.36. The van der Waals surface area contributed by atoms with Gasteiger partial charge in [-0.05, 0) is 52.0 Å². The van der Waals surface area contributed by atoms with Crippen molar-refractivity contribution in [2.45, 2.75) is 62.8 Å². The van der Waals surface area contributed by atoms with Crippen LogP contribution in [0.5, 0.6) is 0 Å². The van der Waals surface area contributed by atoms with Crippen LogP contribution in [-0.4, -0.2) is 47.6 Å². The maximum atomic E-state index is 3.75. The van der Waals surface area contributed by atoms with Gasteiger partial charge in [-0.1, -0.05) is 13.3 Å². The average molecular weight is 256 g/mol. The summed E-state index contributed by atoms with van der Waals surface area (Å²) in [7, 11) is 0. The highest BCUT2D eigenvalue weighted by Crippen LogP contribution is 2.33. The third-order valence-electron chi connectivity index (χ3n) is 4.70. The quantitative estimate of drug-likeness (QED) is 0.836. The van der Waals surface area contributed by atoms with Crippen molar-refractivity contribution in [1.82, 2.24) is 10.2 Å². The predicted molar refractivity (Wildman–Crippen MR) is 77.8 cm³/mol. The topological polar surface area (TPSA) is 15.3 Å². The SMILES string of the molecule is CCC1(C)CN(C2CCCC2SC)CCCN1. The zero-order valence-electron chi connectivity index (χ0n) is 11.7. The molecular formula is C14H28N2S. The minimum atomic E-state index is 0.335. The Kier molecular flexibility index (Phi) is 4.79. The van der Waals surface area contributed by atoms with Crippen LogP contribution in [0, 0.1) is 0 Å². The second-order valence-corrected chi connectivity index (χ2v) is 7.01. The molecule has 2 fully saturated rings. The van der Waals surface area contributed by atoms with E-state index in [1.165, 1.54) is 51.7 Å². The summed E-state index contributed by atoms with van der Waals surface area (Å²) in [6.07, 6.45) is 9.12. The summed E-state index contributed by atoms with van der Waals surface area (Å²) < 4.78 is 0. The molecule has 1 N–H and O–H groups in total. The molecule has 0 amide bonds. The lowest BCUT2D eigenvalue weighted by Gasteiger charge is -2.37. The van der Waals surface area contributed by atoms with Crippen molar-refractivity contribution in [3.8, 4) is 0 Å². The van der Waals surface area contributed by atoms with Gasteiger partial charge >= 0.3 is 0 Å². The summed E-state index contributed by atoms with van der Waals surface area (Å²) in [6.45, 7) is 8.44. The van der Waals surface area contributed by atoms with E-state index in [1.807, 2.05) is 0 Å². The molecule has 1 saturated heterocycles. The van der Waals surface area contributed by atoms with Crippen LogP contribution in [-0.2, 0) is 0 Å². The molecule has 0 aromatic rings. The van der Waals surface area contributed by atoms with Crippen LogP contribution in [0.4, 0.5) is 0 Å². The Morgan fingerprint density at radius 3 is 2.88 bits per heavy atom. The lowest BCUT2D eigenvalue weighted by molar-refractivity contribution is 0.164. The Hall–Kier alpha value is 0.270. The number of nitrogens with zero attached hydrogens (tertiary/aromatic N) is 1. The van der Waals surface area contributed by atoms with Crippen molar-refractivity contribution in [1.29, 1.82) is 0 Å². The van der Waals surface area contributed by atoms with E-state index >= 15 is 0 Å². The van der Waals surface area contributed by atoms with E-state index in [4.69, 9.17) is 0 Å². The van der Waals surface area contributed by atoms with Crippen LogP contribution in [0.3, 0.4) is 0 Å². The summed E-state index contributed by atoms with van der Waals surface area (Å²) >= 11 is 2.09. The second-order valence-electron chi connectivity index (χ2n) is 5.94. The van der Waals surface area contributed by atoms with Gasteiger partial charge in [0.1, 0.15) is 0 Å². The van der Waals surface area contributed by atoms with E-state index < -0.39 is 0 Å². The number of hydrogen-bond acceptors (Lipinski definition) is 3. The van der Waals surface area contributed by atoms with E-state index in [9.17, 15) is 0 Å². The summed E-state index contributed by atoms with van der Waals surface area (Å²) in [5, 5.41) is 4.63. The standard InChI is InChI=1S/C14H28N2S/c1-4-14(2)11-16(10-6-9-15-14)12-7-5-8-13(12)17-3/h12-13,15H,4-11H2,1-3H3. The fraction of sp³-hybridized carbons (Fsp3) is 1.00. The zero-order chi connectivity index (χ0) is 12.3. The minimum Gasteiger partial charge on any atom is -0.310 e. The van der Waals surface area contributed by atoms with Crippen molar-refractivity contribution < 1.29 is 0 Å². The second kappa shape index (κ2) is 5.94. The summed E-state index contributed by atoms with van der Waals surface area (Å²) in [6, 6.07) is 0.843. The first-order valence-corrected chi connectivity index (χ1v) is 8.49. The van der Waals surface area contributed by atoms with Crippen LogP contribution >= 0.6 is 11.8 Å². The molecule has 0 spiro atoms. The van der Waals surface area contributed by atoms with Crippen LogP contribution in [0.15, 0.2) is 0 Å². The van der Waals surface area contributed by atoms with Gasteiger partial charge in [-0.2, -0.15) is 11.8 Å². The van der Waals surface area contributed by atoms with E-state index in [0.29, 0.717) is 5.54 Å². The van der Waals surface area contributed by atoms with Gasteiger partial charge in [-0.25, -0.2) is 0 Å². The molecular weight excluding hydrogens is 228 g/mol. The van der Waals surface area contributed by atoms with E-state index in [0.717, 1.165) is 11.3 Å². The molecule has 3 atom stereocenters. The molecule has 1 saturated carbocycles. The molecule has 0 radical (unpaired) electrons. The maximum absolute atomic E-state index is 3.75. The molecule has 3 heteroatoms. The number of rotatable bonds is 3. The monoisotopic (exact) mass is 256 g/mol. The van der Waals surface area contributed by atoms with Crippen LogP contribution in [0.25, 0.3) is 0 Å². The Morgan fingerprint density at radius 2 is 2.18 bits per heavy atom. The Bertz CT molecular complexity index is 246. The third-order valence-corrected chi connectivity index (χ3v) is 5.85. The number of nitrogens with one attached hydrogen (secondary N) is 1. The van der Waals surface area contributed by atoms with Gasteiger partial charge in [0, 0.05) is 23.4 Å². The van der Waals surface area contributed by atoms with Gasteiger partial charge in [0.05, 0.1) is 0 Å². The molecule has 0 aromatic heterocycles. The Labute approximate surface area is 111 Å².